The van der Waals surface area contributed by atoms with Gasteiger partial charge >= 0.3 is 5.97 Å². The molecule has 1 heterocycles. The standard InChI is InChI=1S/C7H12O3/c1-7(2)3-6(9)10-5(7)4-8/h5,8H,3-4H2,1-2H3. The molecular weight excluding hydrogens is 132 g/mol. The fourth-order valence-corrected chi connectivity index (χ4v) is 1.13. The maximum Gasteiger partial charge on any atom is 0.306 e. The number of rotatable bonds is 1. The Morgan fingerprint density at radius 3 is 2.60 bits per heavy atom. The average molecular weight is 144 g/mol. The van der Waals surface area contributed by atoms with Gasteiger partial charge in [-0.3, -0.25) is 4.79 Å². The van der Waals surface area contributed by atoms with Crippen molar-refractivity contribution >= 4 is 5.97 Å². The second kappa shape index (κ2) is 2.23. The number of carbonyl (C=O) groups excluding carboxylic acids is 1. The number of cyclic esters (lactones) is 1. The molecule has 1 rings (SSSR count). The molecule has 1 aliphatic heterocycles. The summed E-state index contributed by atoms with van der Waals surface area (Å²) in [5.41, 5.74) is -0.189. The summed E-state index contributed by atoms with van der Waals surface area (Å²) in [5.74, 6) is -0.205. The summed E-state index contributed by atoms with van der Waals surface area (Å²) in [7, 11) is 0. The predicted octanol–water partition coefficient (Wildman–Crippen LogP) is 0.320. The number of ether oxygens (including phenoxy) is 1. The van der Waals surface area contributed by atoms with Crippen LogP contribution in [0, 0.1) is 5.41 Å². The van der Waals surface area contributed by atoms with Crippen molar-refractivity contribution in [2.45, 2.75) is 26.4 Å². The van der Waals surface area contributed by atoms with Gasteiger partial charge in [0.05, 0.1) is 13.0 Å². The third kappa shape index (κ3) is 1.14. The Balaban J connectivity index is 2.67. The Kier molecular flexibility index (Phi) is 1.68. The Morgan fingerprint density at radius 1 is 1.80 bits per heavy atom. The fraction of sp³-hybridized carbons (Fsp3) is 0.857. The molecule has 1 atom stereocenters. The van der Waals surface area contributed by atoms with Gasteiger partial charge in [0.25, 0.3) is 0 Å². The molecule has 1 saturated heterocycles. The van der Waals surface area contributed by atoms with E-state index >= 15 is 0 Å². The normalized spacial score (nSPS) is 30.3. The molecule has 58 valence electrons. The van der Waals surface area contributed by atoms with Crippen molar-refractivity contribution in [3.63, 3.8) is 0 Å². The van der Waals surface area contributed by atoms with E-state index < -0.39 is 0 Å². The molecule has 1 N–H and O–H groups in total. The molecule has 0 spiro atoms. The molecule has 3 heteroatoms. The molecule has 1 aliphatic rings. The van der Waals surface area contributed by atoms with Crippen molar-refractivity contribution in [3.8, 4) is 0 Å². The molecular formula is C7H12O3. The van der Waals surface area contributed by atoms with Crippen LogP contribution < -0.4 is 0 Å². The molecule has 0 radical (unpaired) electrons. The summed E-state index contributed by atoms with van der Waals surface area (Å²) >= 11 is 0. The zero-order chi connectivity index (χ0) is 7.78. The first-order chi connectivity index (χ1) is 4.56. The van der Waals surface area contributed by atoms with E-state index in [4.69, 9.17) is 9.84 Å². The Morgan fingerprint density at radius 2 is 2.40 bits per heavy atom. The van der Waals surface area contributed by atoms with E-state index in [1.54, 1.807) is 0 Å². The average Bonchev–Trinajstić information content (AvgIpc) is 2.04. The van der Waals surface area contributed by atoms with Crippen molar-refractivity contribution in [1.82, 2.24) is 0 Å². The van der Waals surface area contributed by atoms with E-state index in [0.29, 0.717) is 6.42 Å². The first-order valence-corrected chi connectivity index (χ1v) is 3.36. The van der Waals surface area contributed by atoms with Crippen LogP contribution in [0.5, 0.6) is 0 Å². The number of aliphatic hydroxyl groups excluding tert-OH is 1. The zero-order valence-electron chi connectivity index (χ0n) is 6.26. The summed E-state index contributed by atoms with van der Waals surface area (Å²) in [6.07, 6.45) is 0.109. The lowest BCUT2D eigenvalue weighted by atomic mass is 9.86. The molecule has 0 bridgehead atoms. The molecule has 0 aromatic rings. The van der Waals surface area contributed by atoms with Crippen molar-refractivity contribution < 1.29 is 14.6 Å². The first-order valence-electron chi connectivity index (χ1n) is 3.36. The van der Waals surface area contributed by atoms with Gasteiger partial charge in [0.15, 0.2) is 0 Å². The van der Waals surface area contributed by atoms with Crippen LogP contribution >= 0.6 is 0 Å². The maximum atomic E-state index is 10.7. The van der Waals surface area contributed by atoms with E-state index in [2.05, 4.69) is 0 Å². The number of esters is 1. The highest BCUT2D eigenvalue weighted by molar-refractivity contribution is 5.72. The lowest BCUT2D eigenvalue weighted by molar-refractivity contribution is -0.143. The predicted molar refractivity (Wildman–Crippen MR) is 35.4 cm³/mol. The van der Waals surface area contributed by atoms with Crippen LogP contribution in [-0.2, 0) is 9.53 Å². The lowest BCUT2D eigenvalue weighted by Gasteiger charge is -2.20. The molecule has 1 unspecified atom stereocenters. The van der Waals surface area contributed by atoms with Gasteiger partial charge in [-0.1, -0.05) is 13.8 Å². The van der Waals surface area contributed by atoms with Gasteiger partial charge in [0, 0.05) is 5.41 Å². The van der Waals surface area contributed by atoms with E-state index in [0.717, 1.165) is 0 Å². The van der Waals surface area contributed by atoms with Gasteiger partial charge in [-0.05, 0) is 0 Å². The third-order valence-electron chi connectivity index (χ3n) is 1.91. The highest BCUT2D eigenvalue weighted by Crippen LogP contribution is 2.33. The largest absolute Gasteiger partial charge is 0.459 e. The van der Waals surface area contributed by atoms with E-state index in [-0.39, 0.29) is 24.1 Å². The highest BCUT2D eigenvalue weighted by atomic mass is 16.6. The number of aliphatic hydroxyl groups is 1. The zero-order valence-corrected chi connectivity index (χ0v) is 6.26. The Bertz CT molecular complexity index is 151. The molecule has 3 nitrogen and oxygen atoms in total. The van der Waals surface area contributed by atoms with Crippen LogP contribution in [0.1, 0.15) is 20.3 Å². The van der Waals surface area contributed by atoms with Crippen LogP contribution in [0.25, 0.3) is 0 Å². The molecule has 0 aliphatic carbocycles. The molecule has 10 heavy (non-hydrogen) atoms. The van der Waals surface area contributed by atoms with Crippen LogP contribution in [0.3, 0.4) is 0 Å². The van der Waals surface area contributed by atoms with Crippen molar-refractivity contribution in [2.75, 3.05) is 6.61 Å². The third-order valence-corrected chi connectivity index (χ3v) is 1.91. The second-order valence-electron chi connectivity index (χ2n) is 3.33. The van der Waals surface area contributed by atoms with Crippen molar-refractivity contribution in [2.24, 2.45) is 5.41 Å². The van der Waals surface area contributed by atoms with Gasteiger partial charge in [-0.2, -0.15) is 0 Å². The summed E-state index contributed by atoms with van der Waals surface area (Å²) in [4.78, 5) is 10.7. The molecule has 0 aromatic heterocycles. The summed E-state index contributed by atoms with van der Waals surface area (Å²) < 4.78 is 4.84. The molecule has 0 amide bonds. The molecule has 1 fully saturated rings. The number of carbonyl (C=O) groups is 1. The number of hydrogen-bond acceptors (Lipinski definition) is 3. The fourth-order valence-electron chi connectivity index (χ4n) is 1.13. The smallest absolute Gasteiger partial charge is 0.306 e. The minimum Gasteiger partial charge on any atom is -0.459 e. The highest BCUT2D eigenvalue weighted by Gasteiger charge is 2.40. The van der Waals surface area contributed by atoms with Gasteiger partial charge in [0.1, 0.15) is 6.10 Å². The van der Waals surface area contributed by atoms with E-state index in [1.807, 2.05) is 13.8 Å². The SMILES string of the molecule is CC1(C)CC(=O)OC1CO. The monoisotopic (exact) mass is 144 g/mol. The van der Waals surface area contributed by atoms with E-state index in [1.165, 1.54) is 0 Å². The molecule has 0 aromatic carbocycles. The minimum absolute atomic E-state index is 0.0707. The molecule has 0 saturated carbocycles. The first kappa shape index (κ1) is 7.54. The Hall–Kier alpha value is -0.570. The van der Waals surface area contributed by atoms with Gasteiger partial charge in [0.2, 0.25) is 0 Å². The van der Waals surface area contributed by atoms with Crippen LogP contribution in [0.4, 0.5) is 0 Å². The van der Waals surface area contributed by atoms with Gasteiger partial charge in [-0.15, -0.1) is 0 Å². The maximum absolute atomic E-state index is 10.7. The van der Waals surface area contributed by atoms with Crippen molar-refractivity contribution in [1.29, 1.82) is 0 Å². The lowest BCUT2D eigenvalue weighted by Crippen LogP contribution is -2.27. The summed E-state index contributed by atoms with van der Waals surface area (Å²) in [6, 6.07) is 0. The quantitative estimate of drug-likeness (QED) is 0.539. The van der Waals surface area contributed by atoms with Crippen molar-refractivity contribution in [3.05, 3.63) is 0 Å². The minimum atomic E-state index is -0.306. The van der Waals surface area contributed by atoms with Crippen LogP contribution in [-0.4, -0.2) is 23.8 Å². The summed E-state index contributed by atoms with van der Waals surface area (Å²) in [5, 5.41) is 8.74. The number of hydrogen-bond donors (Lipinski definition) is 1. The Labute approximate surface area is 60.0 Å². The summed E-state index contributed by atoms with van der Waals surface area (Å²) in [6.45, 7) is 3.76. The van der Waals surface area contributed by atoms with Crippen LogP contribution in [0.15, 0.2) is 0 Å². The van der Waals surface area contributed by atoms with Gasteiger partial charge < -0.3 is 9.84 Å². The van der Waals surface area contributed by atoms with Gasteiger partial charge in [-0.25, -0.2) is 0 Å². The second-order valence-corrected chi connectivity index (χ2v) is 3.33. The van der Waals surface area contributed by atoms with E-state index in [9.17, 15) is 4.79 Å². The topological polar surface area (TPSA) is 46.5 Å². The van der Waals surface area contributed by atoms with Crippen LogP contribution in [0.2, 0.25) is 0 Å².